The standard InChI is InChI=1S/C21H24O3/c1-3-5-14-23-18-12-10-15-8-6-9-16-19(24-20(22)7-4-2)13-11-17(18)21(15)16/h6,8-13,19H,3-5,7,14H2,1-2H3. The number of carbonyl (C=O) groups excluding carboxylic acids is 1. The van der Waals surface area contributed by atoms with Crippen molar-refractivity contribution in [3.05, 3.63) is 47.5 Å². The van der Waals surface area contributed by atoms with Crippen LogP contribution in [-0.2, 0) is 9.53 Å². The fourth-order valence-corrected chi connectivity index (χ4v) is 3.07. The van der Waals surface area contributed by atoms with E-state index in [1.807, 2.05) is 37.3 Å². The number of hydrogen-bond donors (Lipinski definition) is 0. The van der Waals surface area contributed by atoms with E-state index in [4.69, 9.17) is 9.47 Å². The molecule has 126 valence electrons. The second-order valence-electron chi connectivity index (χ2n) is 6.14. The Morgan fingerprint density at radius 3 is 2.79 bits per heavy atom. The Kier molecular flexibility index (Phi) is 5.19. The predicted octanol–water partition coefficient (Wildman–Crippen LogP) is 5.43. The van der Waals surface area contributed by atoms with Gasteiger partial charge in [-0.15, -0.1) is 0 Å². The van der Waals surface area contributed by atoms with Gasteiger partial charge in [-0.2, -0.15) is 0 Å². The Hall–Kier alpha value is -2.29. The van der Waals surface area contributed by atoms with Crippen molar-refractivity contribution in [1.29, 1.82) is 0 Å². The minimum Gasteiger partial charge on any atom is -0.493 e. The van der Waals surface area contributed by atoms with Gasteiger partial charge in [0.05, 0.1) is 6.61 Å². The third-order valence-electron chi connectivity index (χ3n) is 4.29. The molecule has 3 heteroatoms. The van der Waals surface area contributed by atoms with Crippen LogP contribution in [0.3, 0.4) is 0 Å². The molecular formula is C21H24O3. The Morgan fingerprint density at radius 2 is 2.00 bits per heavy atom. The van der Waals surface area contributed by atoms with Crippen molar-refractivity contribution in [2.24, 2.45) is 0 Å². The minimum atomic E-state index is -0.314. The Morgan fingerprint density at radius 1 is 1.12 bits per heavy atom. The number of ether oxygens (including phenoxy) is 2. The van der Waals surface area contributed by atoms with E-state index in [-0.39, 0.29) is 12.1 Å². The maximum Gasteiger partial charge on any atom is 0.306 e. The van der Waals surface area contributed by atoms with Gasteiger partial charge in [0.1, 0.15) is 11.9 Å². The third-order valence-corrected chi connectivity index (χ3v) is 4.29. The lowest BCUT2D eigenvalue weighted by molar-refractivity contribution is -0.147. The van der Waals surface area contributed by atoms with E-state index in [0.717, 1.165) is 53.5 Å². The van der Waals surface area contributed by atoms with E-state index in [0.29, 0.717) is 6.42 Å². The van der Waals surface area contributed by atoms with Crippen molar-refractivity contribution in [2.45, 2.75) is 45.6 Å². The number of unbranched alkanes of at least 4 members (excludes halogenated alkanes) is 1. The first-order valence-electron chi connectivity index (χ1n) is 8.80. The van der Waals surface area contributed by atoms with Crippen LogP contribution in [0.4, 0.5) is 0 Å². The van der Waals surface area contributed by atoms with Gasteiger partial charge in [0.25, 0.3) is 0 Å². The van der Waals surface area contributed by atoms with Crippen LogP contribution in [0.2, 0.25) is 0 Å². The SMILES string of the molecule is CCCCOc1ccc2cccc3c2c1C=CC3OC(=O)CCC. The molecule has 0 heterocycles. The van der Waals surface area contributed by atoms with Gasteiger partial charge in [-0.3, -0.25) is 4.79 Å². The molecule has 0 amide bonds. The van der Waals surface area contributed by atoms with E-state index in [9.17, 15) is 4.79 Å². The van der Waals surface area contributed by atoms with Crippen LogP contribution in [0.1, 0.15) is 56.8 Å². The van der Waals surface area contributed by atoms with Crippen molar-refractivity contribution in [1.82, 2.24) is 0 Å². The number of rotatable bonds is 7. The van der Waals surface area contributed by atoms with Crippen LogP contribution >= 0.6 is 0 Å². The number of hydrogen-bond acceptors (Lipinski definition) is 3. The number of benzene rings is 2. The summed E-state index contributed by atoms with van der Waals surface area (Å²) in [6.45, 7) is 4.86. The summed E-state index contributed by atoms with van der Waals surface area (Å²) in [6, 6.07) is 10.2. The molecule has 2 aromatic rings. The first kappa shape index (κ1) is 16.6. The van der Waals surface area contributed by atoms with E-state index in [2.05, 4.69) is 19.1 Å². The second kappa shape index (κ2) is 7.52. The fraction of sp³-hybridized carbons (Fsp3) is 0.381. The molecule has 0 aromatic heterocycles. The second-order valence-corrected chi connectivity index (χ2v) is 6.14. The summed E-state index contributed by atoms with van der Waals surface area (Å²) < 4.78 is 11.6. The van der Waals surface area contributed by atoms with Crippen molar-refractivity contribution in [2.75, 3.05) is 6.61 Å². The molecule has 0 fully saturated rings. The quantitative estimate of drug-likeness (QED) is 0.503. The first-order chi connectivity index (χ1) is 11.7. The van der Waals surface area contributed by atoms with Gasteiger partial charge in [0, 0.05) is 17.5 Å². The lowest BCUT2D eigenvalue weighted by Crippen LogP contribution is -2.12. The first-order valence-corrected chi connectivity index (χ1v) is 8.80. The summed E-state index contributed by atoms with van der Waals surface area (Å²) in [5, 5.41) is 2.27. The summed E-state index contributed by atoms with van der Waals surface area (Å²) in [7, 11) is 0. The molecule has 0 N–H and O–H groups in total. The lowest BCUT2D eigenvalue weighted by atomic mass is 9.91. The molecule has 1 unspecified atom stereocenters. The molecule has 2 aromatic carbocycles. The normalized spacial score (nSPS) is 15.5. The molecule has 3 nitrogen and oxygen atoms in total. The summed E-state index contributed by atoms with van der Waals surface area (Å²) >= 11 is 0. The maximum atomic E-state index is 11.9. The van der Waals surface area contributed by atoms with E-state index >= 15 is 0 Å². The highest BCUT2D eigenvalue weighted by Gasteiger charge is 2.22. The van der Waals surface area contributed by atoms with E-state index in [1.165, 1.54) is 0 Å². The van der Waals surface area contributed by atoms with Crippen molar-refractivity contribution in [3.8, 4) is 5.75 Å². The van der Waals surface area contributed by atoms with Crippen LogP contribution in [0, 0.1) is 0 Å². The van der Waals surface area contributed by atoms with Crippen LogP contribution in [0.15, 0.2) is 36.4 Å². The summed E-state index contributed by atoms with van der Waals surface area (Å²) in [6.07, 6.45) is 7.07. The highest BCUT2D eigenvalue weighted by molar-refractivity contribution is 5.97. The molecule has 0 bridgehead atoms. The van der Waals surface area contributed by atoms with Crippen LogP contribution < -0.4 is 4.74 Å². The highest BCUT2D eigenvalue weighted by Crippen LogP contribution is 2.39. The average Bonchev–Trinajstić information content (AvgIpc) is 2.59. The van der Waals surface area contributed by atoms with Gasteiger partial charge in [-0.1, -0.05) is 50.6 Å². The van der Waals surface area contributed by atoms with Gasteiger partial charge in [0.2, 0.25) is 0 Å². The molecule has 0 spiro atoms. The van der Waals surface area contributed by atoms with Gasteiger partial charge in [-0.05, 0) is 35.8 Å². The van der Waals surface area contributed by atoms with E-state index < -0.39 is 0 Å². The molecular weight excluding hydrogens is 300 g/mol. The third kappa shape index (κ3) is 3.30. The molecule has 0 saturated carbocycles. The Bertz CT molecular complexity index is 761. The monoisotopic (exact) mass is 324 g/mol. The summed E-state index contributed by atoms with van der Waals surface area (Å²) in [4.78, 5) is 11.9. The molecule has 0 radical (unpaired) electrons. The van der Waals surface area contributed by atoms with Crippen molar-refractivity contribution < 1.29 is 14.3 Å². The average molecular weight is 324 g/mol. The van der Waals surface area contributed by atoms with Gasteiger partial charge >= 0.3 is 5.97 Å². The zero-order valence-corrected chi connectivity index (χ0v) is 14.4. The topological polar surface area (TPSA) is 35.5 Å². The molecule has 0 aliphatic heterocycles. The Balaban J connectivity index is 1.96. The van der Waals surface area contributed by atoms with E-state index in [1.54, 1.807) is 0 Å². The van der Waals surface area contributed by atoms with Crippen LogP contribution in [0.25, 0.3) is 16.8 Å². The molecule has 24 heavy (non-hydrogen) atoms. The number of esters is 1. The van der Waals surface area contributed by atoms with Crippen LogP contribution in [0.5, 0.6) is 5.75 Å². The molecule has 1 aliphatic rings. The fourth-order valence-electron chi connectivity index (χ4n) is 3.07. The van der Waals surface area contributed by atoms with Gasteiger partial charge < -0.3 is 9.47 Å². The zero-order chi connectivity index (χ0) is 16.9. The molecule has 1 atom stereocenters. The highest BCUT2D eigenvalue weighted by atomic mass is 16.5. The largest absolute Gasteiger partial charge is 0.493 e. The minimum absolute atomic E-state index is 0.150. The maximum absolute atomic E-state index is 11.9. The smallest absolute Gasteiger partial charge is 0.306 e. The van der Waals surface area contributed by atoms with Crippen LogP contribution in [-0.4, -0.2) is 12.6 Å². The molecule has 0 saturated heterocycles. The lowest BCUT2D eigenvalue weighted by Gasteiger charge is -2.23. The Labute approximate surface area is 143 Å². The summed E-state index contributed by atoms with van der Waals surface area (Å²) in [5.41, 5.74) is 2.12. The van der Waals surface area contributed by atoms with Crippen molar-refractivity contribution >= 4 is 22.8 Å². The van der Waals surface area contributed by atoms with Gasteiger partial charge in [0.15, 0.2) is 0 Å². The molecule has 1 aliphatic carbocycles. The van der Waals surface area contributed by atoms with Gasteiger partial charge in [-0.25, -0.2) is 0 Å². The predicted molar refractivity (Wildman–Crippen MR) is 97.1 cm³/mol. The molecule has 3 rings (SSSR count). The summed E-state index contributed by atoms with van der Waals surface area (Å²) in [5.74, 6) is 0.751. The number of carbonyl (C=O) groups is 1. The van der Waals surface area contributed by atoms with Crippen molar-refractivity contribution in [3.63, 3.8) is 0 Å². The zero-order valence-electron chi connectivity index (χ0n) is 14.4.